The quantitative estimate of drug-likeness (QED) is 0.720. The van der Waals surface area contributed by atoms with Gasteiger partial charge >= 0.3 is 12.0 Å². The van der Waals surface area contributed by atoms with E-state index >= 15 is 0 Å². The molecule has 2 aromatic carbocycles. The lowest BCUT2D eigenvalue weighted by Gasteiger charge is -2.27. The number of carboxylic acids is 1. The van der Waals surface area contributed by atoms with Gasteiger partial charge in [-0.1, -0.05) is 41.4 Å². The van der Waals surface area contributed by atoms with Crippen LogP contribution in [0.5, 0.6) is 0 Å². The van der Waals surface area contributed by atoms with E-state index in [1.807, 2.05) is 0 Å². The van der Waals surface area contributed by atoms with E-state index in [1.54, 1.807) is 36.4 Å². The van der Waals surface area contributed by atoms with Crippen LogP contribution in [0.1, 0.15) is 6.42 Å². The van der Waals surface area contributed by atoms with Gasteiger partial charge in [0.1, 0.15) is 12.1 Å². The molecule has 9 heteroatoms. The van der Waals surface area contributed by atoms with E-state index in [9.17, 15) is 19.5 Å². The van der Waals surface area contributed by atoms with Crippen LogP contribution in [0.25, 0.3) is 0 Å². The van der Waals surface area contributed by atoms with E-state index in [-0.39, 0.29) is 17.4 Å². The van der Waals surface area contributed by atoms with Crippen molar-refractivity contribution in [3.8, 4) is 0 Å². The summed E-state index contributed by atoms with van der Waals surface area (Å²) in [5.41, 5.74) is 0.885. The van der Waals surface area contributed by atoms with Crippen molar-refractivity contribution in [1.29, 1.82) is 0 Å². The van der Waals surface area contributed by atoms with Crippen molar-refractivity contribution >= 4 is 52.5 Å². The van der Waals surface area contributed by atoms with Crippen molar-refractivity contribution in [3.63, 3.8) is 0 Å². The van der Waals surface area contributed by atoms with Gasteiger partial charge in [-0.15, -0.1) is 0 Å². The maximum atomic E-state index is 12.4. The number of para-hydroxylation sites is 1. The number of hydrogen-bond donors (Lipinski definition) is 3. The minimum atomic E-state index is -1.17. The Morgan fingerprint density at radius 2 is 1.78 bits per heavy atom. The minimum absolute atomic E-state index is 0.206. The Labute approximate surface area is 164 Å². The summed E-state index contributed by atoms with van der Waals surface area (Å²) >= 11 is 11.8. The Balaban J connectivity index is 1.81. The summed E-state index contributed by atoms with van der Waals surface area (Å²) in [6.45, 7) is 0. The molecule has 0 aromatic heterocycles. The number of carbonyl (C=O) groups is 3. The molecule has 1 fully saturated rings. The largest absolute Gasteiger partial charge is 0.481 e. The van der Waals surface area contributed by atoms with Crippen molar-refractivity contribution < 1.29 is 19.5 Å². The normalized spacial score (nSPS) is 19.0. The molecule has 1 aliphatic rings. The predicted molar refractivity (Wildman–Crippen MR) is 102 cm³/mol. The first-order chi connectivity index (χ1) is 12.9. The fourth-order valence-electron chi connectivity index (χ4n) is 2.89. The average molecular weight is 408 g/mol. The lowest BCUT2D eigenvalue weighted by molar-refractivity contribution is -0.142. The second kappa shape index (κ2) is 7.85. The van der Waals surface area contributed by atoms with Crippen molar-refractivity contribution in [2.24, 2.45) is 5.92 Å². The molecule has 0 aliphatic carbocycles. The number of hydrogen-bond acceptors (Lipinski definition) is 3. The highest BCUT2D eigenvalue weighted by Gasteiger charge is 2.45. The monoisotopic (exact) mass is 407 g/mol. The highest BCUT2D eigenvalue weighted by atomic mass is 35.5. The Kier molecular flexibility index (Phi) is 5.53. The Morgan fingerprint density at radius 3 is 2.41 bits per heavy atom. The number of urea groups is 1. The van der Waals surface area contributed by atoms with Crippen LogP contribution >= 0.6 is 23.2 Å². The SMILES string of the molecule is O=C(Nc1ccc(Cl)c(Cl)c1)NC1C(C(=O)O)CC(=O)N1c1ccccc1. The van der Waals surface area contributed by atoms with Crippen LogP contribution < -0.4 is 15.5 Å². The van der Waals surface area contributed by atoms with Gasteiger partial charge in [-0.2, -0.15) is 0 Å². The van der Waals surface area contributed by atoms with E-state index in [1.165, 1.54) is 17.0 Å². The lowest BCUT2D eigenvalue weighted by atomic mass is 10.1. The molecule has 0 spiro atoms. The summed E-state index contributed by atoms with van der Waals surface area (Å²) in [5, 5.41) is 15.2. The first-order valence-electron chi connectivity index (χ1n) is 7.99. The van der Waals surface area contributed by atoms with E-state index in [2.05, 4.69) is 10.6 Å². The Hall–Kier alpha value is -2.77. The topological polar surface area (TPSA) is 98.7 Å². The van der Waals surface area contributed by atoms with Gasteiger partial charge in [0, 0.05) is 17.8 Å². The van der Waals surface area contributed by atoms with Gasteiger partial charge in [-0.05, 0) is 30.3 Å². The summed E-state index contributed by atoms with van der Waals surface area (Å²) in [5.74, 6) is -2.62. The third-order valence-electron chi connectivity index (χ3n) is 4.13. The van der Waals surface area contributed by atoms with E-state index in [0.717, 1.165) is 0 Å². The van der Waals surface area contributed by atoms with Crippen LogP contribution in [-0.4, -0.2) is 29.2 Å². The number of carbonyl (C=O) groups excluding carboxylic acids is 2. The number of nitrogens with one attached hydrogen (secondary N) is 2. The van der Waals surface area contributed by atoms with Crippen LogP contribution in [0.2, 0.25) is 10.0 Å². The second-order valence-electron chi connectivity index (χ2n) is 5.92. The summed E-state index contributed by atoms with van der Waals surface area (Å²) in [4.78, 5) is 37.6. The Morgan fingerprint density at radius 1 is 1.07 bits per heavy atom. The molecule has 1 saturated heterocycles. The summed E-state index contributed by atoms with van der Waals surface area (Å²) < 4.78 is 0. The van der Waals surface area contributed by atoms with E-state index in [0.29, 0.717) is 16.4 Å². The highest BCUT2D eigenvalue weighted by Crippen LogP contribution is 2.30. The molecule has 0 radical (unpaired) electrons. The van der Waals surface area contributed by atoms with Gasteiger partial charge < -0.3 is 15.7 Å². The molecule has 2 unspecified atom stereocenters. The zero-order valence-electron chi connectivity index (χ0n) is 13.9. The molecule has 3 amide bonds. The van der Waals surface area contributed by atoms with Gasteiger partial charge in [-0.25, -0.2) is 4.79 Å². The highest BCUT2D eigenvalue weighted by molar-refractivity contribution is 6.42. The first kappa shape index (κ1) is 19.0. The number of halogens is 2. The number of benzene rings is 2. The maximum Gasteiger partial charge on any atom is 0.320 e. The Bertz CT molecular complexity index is 891. The number of carboxylic acid groups (broad SMARTS) is 1. The van der Waals surface area contributed by atoms with Crippen LogP contribution in [0.3, 0.4) is 0 Å². The van der Waals surface area contributed by atoms with Crippen LogP contribution in [-0.2, 0) is 9.59 Å². The van der Waals surface area contributed by atoms with Gasteiger partial charge in [0.2, 0.25) is 5.91 Å². The third kappa shape index (κ3) is 4.15. The third-order valence-corrected chi connectivity index (χ3v) is 4.87. The molecule has 0 bridgehead atoms. The van der Waals surface area contributed by atoms with Crippen molar-refractivity contribution in [3.05, 3.63) is 58.6 Å². The molecule has 0 saturated carbocycles. The summed E-state index contributed by atoms with van der Waals surface area (Å²) in [6, 6.07) is 12.5. The number of nitrogens with zero attached hydrogens (tertiary/aromatic N) is 1. The van der Waals surface area contributed by atoms with Crippen molar-refractivity contribution in [2.45, 2.75) is 12.6 Å². The molecule has 1 aliphatic heterocycles. The first-order valence-corrected chi connectivity index (χ1v) is 8.75. The molecular weight excluding hydrogens is 393 g/mol. The fraction of sp³-hybridized carbons (Fsp3) is 0.167. The molecular formula is C18H15Cl2N3O4. The predicted octanol–water partition coefficient (Wildman–Crippen LogP) is 3.58. The minimum Gasteiger partial charge on any atom is -0.481 e. The lowest BCUT2D eigenvalue weighted by Crippen LogP contribution is -2.51. The van der Waals surface area contributed by atoms with Crippen molar-refractivity contribution in [2.75, 3.05) is 10.2 Å². The van der Waals surface area contributed by atoms with Crippen LogP contribution in [0.4, 0.5) is 16.2 Å². The molecule has 140 valence electrons. The number of rotatable bonds is 4. The zero-order valence-corrected chi connectivity index (χ0v) is 15.4. The van der Waals surface area contributed by atoms with E-state index in [4.69, 9.17) is 23.2 Å². The average Bonchev–Trinajstić information content (AvgIpc) is 2.95. The van der Waals surface area contributed by atoms with Gasteiger partial charge in [0.05, 0.1) is 10.0 Å². The molecule has 1 heterocycles. The summed E-state index contributed by atoms with van der Waals surface area (Å²) in [7, 11) is 0. The number of amides is 3. The molecule has 2 aromatic rings. The molecule has 3 N–H and O–H groups in total. The smallest absolute Gasteiger partial charge is 0.320 e. The second-order valence-corrected chi connectivity index (χ2v) is 6.73. The molecule has 7 nitrogen and oxygen atoms in total. The molecule has 2 atom stereocenters. The van der Waals surface area contributed by atoms with Crippen molar-refractivity contribution in [1.82, 2.24) is 5.32 Å². The van der Waals surface area contributed by atoms with Gasteiger partial charge in [0.25, 0.3) is 0 Å². The zero-order chi connectivity index (χ0) is 19.6. The fourth-order valence-corrected chi connectivity index (χ4v) is 3.19. The molecule has 27 heavy (non-hydrogen) atoms. The standard InChI is InChI=1S/C18H15Cl2N3O4/c19-13-7-6-10(8-14(13)20)21-18(27)22-16-12(17(25)26)9-15(24)23(16)11-4-2-1-3-5-11/h1-8,12,16H,9H2,(H,25,26)(H2,21,22,27). The van der Waals surface area contributed by atoms with Gasteiger partial charge in [0.15, 0.2) is 0 Å². The van der Waals surface area contributed by atoms with Crippen LogP contribution in [0.15, 0.2) is 48.5 Å². The van der Waals surface area contributed by atoms with Gasteiger partial charge in [-0.3, -0.25) is 14.5 Å². The number of aliphatic carboxylic acids is 1. The van der Waals surface area contributed by atoms with E-state index < -0.39 is 24.1 Å². The number of anilines is 2. The maximum absolute atomic E-state index is 12.4. The summed E-state index contributed by atoms with van der Waals surface area (Å²) in [6.07, 6.45) is -1.23. The van der Waals surface area contributed by atoms with Crippen LogP contribution in [0, 0.1) is 5.92 Å². The molecule has 3 rings (SSSR count).